The van der Waals surface area contributed by atoms with E-state index < -0.39 is 32.3 Å². The van der Waals surface area contributed by atoms with Crippen LogP contribution in [0, 0.1) is 0 Å². The Hall–Kier alpha value is -1.03. The molecule has 1 aliphatic carbocycles. The summed E-state index contributed by atoms with van der Waals surface area (Å²) in [5.41, 5.74) is 5.44. The number of carbonyl (C=O) groups is 2. The first-order valence-corrected chi connectivity index (χ1v) is 8.24. The minimum Gasteiger partial charge on any atom is -1.00 e. The molecule has 0 aliphatic heterocycles. The van der Waals surface area contributed by atoms with E-state index in [-0.39, 0.29) is 57.7 Å². The van der Waals surface area contributed by atoms with Gasteiger partial charge in [-0.2, -0.15) is 8.42 Å². The number of halogens is 1. The largest absolute Gasteiger partial charge is 1.00 e. The van der Waals surface area contributed by atoms with Crippen molar-refractivity contribution < 1.29 is 53.5 Å². The fourth-order valence-corrected chi connectivity index (χ4v) is 3.87. The Morgan fingerprint density at radius 3 is 2.00 bits per heavy atom. The fourth-order valence-electron chi connectivity index (χ4n) is 2.46. The van der Waals surface area contributed by atoms with E-state index in [9.17, 15) is 22.6 Å². The van der Waals surface area contributed by atoms with Crippen LogP contribution in [0.15, 0.2) is 39.7 Å². The van der Waals surface area contributed by atoms with Gasteiger partial charge in [0.25, 0.3) is 10.1 Å². The Morgan fingerprint density at radius 2 is 1.52 bits per heavy atom. The predicted molar refractivity (Wildman–Crippen MR) is 82.8 cm³/mol. The molecule has 3 N–H and O–H groups in total. The van der Waals surface area contributed by atoms with Crippen molar-refractivity contribution in [1.82, 2.24) is 0 Å². The van der Waals surface area contributed by atoms with E-state index in [4.69, 9.17) is 5.73 Å². The van der Waals surface area contributed by atoms with Gasteiger partial charge in [0.2, 0.25) is 0 Å². The molecule has 0 atom stereocenters. The van der Waals surface area contributed by atoms with Gasteiger partial charge in [-0.3, -0.25) is 14.1 Å². The quantitative estimate of drug-likeness (QED) is 0.310. The van der Waals surface area contributed by atoms with E-state index in [1.54, 1.807) is 12.1 Å². The van der Waals surface area contributed by atoms with E-state index in [2.05, 4.69) is 15.9 Å². The third kappa shape index (κ3) is 2.79. The Kier molecular flexibility index (Phi) is 4.87. The Labute approximate surface area is 163 Å². The molecule has 3 rings (SSSR count). The van der Waals surface area contributed by atoms with Crippen molar-refractivity contribution in [3.05, 3.63) is 57.1 Å². The van der Waals surface area contributed by atoms with Crippen LogP contribution in [0.5, 0.6) is 0 Å². The van der Waals surface area contributed by atoms with Crippen LogP contribution in [0.3, 0.4) is 0 Å². The van der Waals surface area contributed by atoms with Crippen LogP contribution >= 0.6 is 15.9 Å². The third-order valence-corrected chi connectivity index (χ3v) is 4.95. The number of hydrogen-bond donors (Lipinski definition) is 2. The molecule has 0 amide bonds. The molecule has 0 bridgehead atoms. The molecule has 0 saturated carbocycles. The molecule has 0 heterocycles. The van der Waals surface area contributed by atoms with E-state index in [0.29, 0.717) is 0 Å². The van der Waals surface area contributed by atoms with Crippen molar-refractivity contribution in [2.75, 3.05) is 5.73 Å². The number of benzene rings is 2. The number of ketones is 2. The predicted octanol–water partition coefficient (Wildman–Crippen LogP) is -0.830. The SMILES string of the molecule is Nc1c(S(=O)(=O)O)cc(Br)c2c1C(=O)c1ccccc1C2=O.[H-].[Na+]. The van der Waals surface area contributed by atoms with Gasteiger partial charge in [0.1, 0.15) is 4.90 Å². The zero-order valence-corrected chi connectivity index (χ0v) is 16.2. The number of hydrogen-bond acceptors (Lipinski definition) is 5. The summed E-state index contributed by atoms with van der Waals surface area (Å²) < 4.78 is 32.1. The van der Waals surface area contributed by atoms with Crippen molar-refractivity contribution in [3.8, 4) is 0 Å². The van der Waals surface area contributed by atoms with E-state index in [0.717, 1.165) is 6.07 Å². The molecule has 2 aromatic carbocycles. The average molecular weight is 406 g/mol. The van der Waals surface area contributed by atoms with Crippen molar-refractivity contribution >= 4 is 43.3 Å². The van der Waals surface area contributed by atoms with Gasteiger partial charge in [0, 0.05) is 15.6 Å². The molecule has 6 nitrogen and oxygen atoms in total. The molecule has 0 radical (unpaired) electrons. The fraction of sp³-hybridized carbons (Fsp3) is 0. The van der Waals surface area contributed by atoms with E-state index in [1.165, 1.54) is 12.1 Å². The molecule has 23 heavy (non-hydrogen) atoms. The minimum absolute atomic E-state index is 0. The summed E-state index contributed by atoms with van der Waals surface area (Å²) in [6.45, 7) is 0. The second-order valence-corrected chi connectivity index (χ2v) is 6.94. The van der Waals surface area contributed by atoms with Gasteiger partial charge >= 0.3 is 29.6 Å². The van der Waals surface area contributed by atoms with Crippen LogP contribution in [0.1, 0.15) is 33.3 Å². The zero-order valence-electron chi connectivity index (χ0n) is 12.8. The first-order chi connectivity index (χ1) is 10.2. The summed E-state index contributed by atoms with van der Waals surface area (Å²) in [4.78, 5) is 24.5. The maximum Gasteiger partial charge on any atom is 1.00 e. The summed E-state index contributed by atoms with van der Waals surface area (Å²) >= 11 is 3.08. The van der Waals surface area contributed by atoms with E-state index >= 15 is 0 Å². The van der Waals surface area contributed by atoms with Crippen molar-refractivity contribution in [3.63, 3.8) is 0 Å². The van der Waals surface area contributed by atoms with Crippen molar-refractivity contribution in [2.45, 2.75) is 4.90 Å². The number of anilines is 1. The average Bonchev–Trinajstić information content (AvgIpc) is 2.45. The molecule has 0 aromatic heterocycles. The van der Waals surface area contributed by atoms with Crippen molar-refractivity contribution in [1.29, 1.82) is 0 Å². The Balaban J connectivity index is 0.00000144. The molecular formula is C14H9BrNNaO5S. The third-order valence-electron chi connectivity index (χ3n) is 3.43. The van der Waals surface area contributed by atoms with Gasteiger partial charge in [-0.25, -0.2) is 0 Å². The van der Waals surface area contributed by atoms with Crippen LogP contribution in [0.4, 0.5) is 5.69 Å². The Morgan fingerprint density at radius 1 is 1.04 bits per heavy atom. The molecule has 114 valence electrons. The van der Waals surface area contributed by atoms with Crippen LogP contribution in [0.2, 0.25) is 0 Å². The summed E-state index contributed by atoms with van der Waals surface area (Å²) in [6.07, 6.45) is 0. The van der Waals surface area contributed by atoms with Crippen LogP contribution in [-0.4, -0.2) is 24.5 Å². The maximum atomic E-state index is 12.6. The van der Waals surface area contributed by atoms with Crippen LogP contribution in [0.25, 0.3) is 0 Å². The molecular weight excluding hydrogens is 397 g/mol. The molecule has 9 heteroatoms. The second-order valence-electron chi connectivity index (χ2n) is 4.70. The minimum atomic E-state index is -4.63. The molecule has 0 unspecified atom stereocenters. The van der Waals surface area contributed by atoms with Gasteiger partial charge in [-0.05, 0) is 22.0 Å². The summed E-state index contributed by atoms with van der Waals surface area (Å²) in [7, 11) is -4.63. The molecule has 1 aliphatic rings. The molecule has 0 saturated heterocycles. The molecule has 2 aromatic rings. The number of rotatable bonds is 1. The van der Waals surface area contributed by atoms with Crippen molar-refractivity contribution in [2.24, 2.45) is 0 Å². The van der Waals surface area contributed by atoms with Gasteiger partial charge < -0.3 is 7.16 Å². The first kappa shape index (κ1) is 18.3. The molecule has 0 spiro atoms. The topological polar surface area (TPSA) is 115 Å². The maximum absolute atomic E-state index is 12.6. The van der Waals surface area contributed by atoms with Crippen LogP contribution < -0.4 is 35.3 Å². The van der Waals surface area contributed by atoms with Crippen LogP contribution in [-0.2, 0) is 10.1 Å². The Bertz CT molecular complexity index is 977. The number of nitrogens with two attached hydrogens (primary N) is 1. The van der Waals surface area contributed by atoms with Gasteiger partial charge in [0.15, 0.2) is 11.6 Å². The smallest absolute Gasteiger partial charge is 1.00 e. The summed E-state index contributed by atoms with van der Waals surface area (Å²) in [6, 6.07) is 7.21. The van der Waals surface area contributed by atoms with Gasteiger partial charge in [0.05, 0.1) is 16.8 Å². The number of fused-ring (bicyclic) bond motifs is 2. The molecule has 0 fully saturated rings. The summed E-state index contributed by atoms with van der Waals surface area (Å²) in [5.74, 6) is -1.00. The second kappa shape index (κ2) is 6.12. The van der Waals surface area contributed by atoms with Gasteiger partial charge in [-0.1, -0.05) is 24.3 Å². The summed E-state index contributed by atoms with van der Waals surface area (Å²) in [5, 5.41) is 0. The van der Waals surface area contributed by atoms with Gasteiger partial charge in [-0.15, -0.1) is 0 Å². The normalized spacial score (nSPS) is 13.1. The standard InChI is InChI=1S/C14H8BrNO5S.Na.H/c15-8-5-9(22(19,20)21)12(16)11-10(8)13(17)6-3-1-2-4-7(6)14(11)18;;/h1-5H,16H2,(H,19,20,21);;/q;+1;-1. The zero-order chi connectivity index (χ0) is 16.2. The van der Waals surface area contributed by atoms with E-state index in [1.807, 2.05) is 0 Å². The first-order valence-electron chi connectivity index (χ1n) is 6.01. The monoisotopic (exact) mass is 405 g/mol. The number of carbonyl (C=O) groups excluding carboxylic acids is 2. The number of nitrogen functional groups attached to an aromatic ring is 1.